The van der Waals surface area contributed by atoms with Crippen LogP contribution in [0.25, 0.3) is 0 Å². The number of likely N-dealkylation sites (tertiary alicyclic amines) is 1. The molecule has 2 aliphatic rings. The largest absolute Gasteiger partial charge is 0.465 e. The summed E-state index contributed by atoms with van der Waals surface area (Å²) in [6, 6.07) is 5.78. The predicted octanol–water partition coefficient (Wildman–Crippen LogP) is 3.90. The van der Waals surface area contributed by atoms with E-state index in [0.717, 1.165) is 18.4 Å². The molecule has 4 nitrogen and oxygen atoms in total. The second-order valence-electron chi connectivity index (χ2n) is 6.14. The van der Waals surface area contributed by atoms with E-state index in [9.17, 15) is 9.90 Å². The maximum Gasteiger partial charge on any atom is 0.407 e. The van der Waals surface area contributed by atoms with Gasteiger partial charge in [-0.2, -0.15) is 0 Å². The van der Waals surface area contributed by atoms with Crippen LogP contribution in [0, 0.1) is 11.8 Å². The Kier molecular flexibility index (Phi) is 4.27. The summed E-state index contributed by atoms with van der Waals surface area (Å²) < 4.78 is 5.28. The Morgan fingerprint density at radius 1 is 1.41 bits per heavy atom. The highest BCUT2D eigenvalue weighted by molar-refractivity contribution is 6.42. The number of piperidine rings is 1. The number of hydrogen-bond donors (Lipinski definition) is 1. The fourth-order valence-electron chi connectivity index (χ4n) is 4.15. The van der Waals surface area contributed by atoms with Crippen molar-refractivity contribution in [1.82, 2.24) is 4.90 Å². The molecule has 120 valence electrons. The summed E-state index contributed by atoms with van der Waals surface area (Å²) in [5.74, 6) is 0.834. The zero-order valence-corrected chi connectivity index (χ0v) is 13.9. The zero-order chi connectivity index (χ0) is 15.9. The van der Waals surface area contributed by atoms with Gasteiger partial charge in [0.2, 0.25) is 0 Å². The Morgan fingerprint density at radius 2 is 2.18 bits per heavy atom. The van der Waals surface area contributed by atoms with Gasteiger partial charge in [0.25, 0.3) is 0 Å². The molecule has 1 heterocycles. The van der Waals surface area contributed by atoms with Crippen molar-refractivity contribution >= 4 is 29.3 Å². The number of fused-ring (bicyclic) bond motifs is 1. The maximum atomic E-state index is 11.2. The molecule has 1 saturated carbocycles. The molecule has 0 unspecified atom stereocenters. The topological polar surface area (TPSA) is 49.8 Å². The van der Waals surface area contributed by atoms with Gasteiger partial charge in [0.05, 0.1) is 10.0 Å². The van der Waals surface area contributed by atoms with Gasteiger partial charge in [-0.25, -0.2) is 4.79 Å². The highest BCUT2D eigenvalue weighted by atomic mass is 35.5. The minimum Gasteiger partial charge on any atom is -0.465 e. The van der Waals surface area contributed by atoms with Crippen molar-refractivity contribution in [3.8, 4) is 0 Å². The number of hydrogen-bond acceptors (Lipinski definition) is 2. The lowest BCUT2D eigenvalue weighted by molar-refractivity contribution is 0.133. The van der Waals surface area contributed by atoms with Crippen LogP contribution >= 0.6 is 23.2 Å². The van der Waals surface area contributed by atoms with Crippen molar-refractivity contribution < 1.29 is 14.6 Å². The van der Waals surface area contributed by atoms with Crippen molar-refractivity contribution in [2.75, 3.05) is 26.8 Å². The molecule has 1 amide bonds. The number of halogens is 2. The fraction of sp³-hybridized carbons (Fsp3) is 0.562. The molecule has 1 N–H and O–H groups in total. The second kappa shape index (κ2) is 5.91. The molecule has 0 radical (unpaired) electrons. The third kappa shape index (κ3) is 2.47. The van der Waals surface area contributed by atoms with Crippen molar-refractivity contribution in [3.05, 3.63) is 33.8 Å². The molecule has 1 aromatic rings. The second-order valence-corrected chi connectivity index (χ2v) is 6.96. The Bertz CT molecular complexity index is 595. The van der Waals surface area contributed by atoms with E-state index < -0.39 is 6.09 Å². The molecule has 6 heteroatoms. The van der Waals surface area contributed by atoms with Crippen molar-refractivity contribution in [1.29, 1.82) is 0 Å². The molecule has 1 aliphatic carbocycles. The first kappa shape index (κ1) is 15.9. The van der Waals surface area contributed by atoms with E-state index in [0.29, 0.717) is 41.6 Å². The Morgan fingerprint density at radius 3 is 2.82 bits per heavy atom. The molecule has 1 aliphatic heterocycles. The number of ether oxygens (including phenoxy) is 1. The molecule has 3 rings (SSSR count). The normalized spacial score (nSPS) is 30.0. The summed E-state index contributed by atoms with van der Waals surface area (Å²) in [7, 11) is 1.69. The third-order valence-electron chi connectivity index (χ3n) is 5.27. The summed E-state index contributed by atoms with van der Waals surface area (Å²) in [5, 5.41) is 10.3. The highest BCUT2D eigenvalue weighted by Gasteiger charge is 2.66. The minimum absolute atomic E-state index is 0.0333. The molecular formula is C16H19Cl2NO3. The van der Waals surface area contributed by atoms with E-state index in [1.165, 1.54) is 4.90 Å². The standard InChI is InChI=1S/C16H19Cl2NO3/c1-22-7-5-16(10-2-3-13(17)14(18)8-10)11-4-6-19(15(20)21)9-12(11)16/h2-3,8,11-12H,4-7,9H2,1H3,(H,20,21)/t11-,12+,16-/m0/s1. The molecule has 0 bridgehead atoms. The lowest BCUT2D eigenvalue weighted by Gasteiger charge is -2.22. The Balaban J connectivity index is 1.91. The first-order chi connectivity index (χ1) is 10.5. The number of methoxy groups -OCH3 is 1. The number of carboxylic acid groups (broad SMARTS) is 1. The fourth-order valence-corrected chi connectivity index (χ4v) is 4.45. The quantitative estimate of drug-likeness (QED) is 0.901. The molecule has 3 atom stereocenters. The summed E-state index contributed by atoms with van der Waals surface area (Å²) in [6.07, 6.45) is 0.936. The Hall–Kier alpha value is -0.970. The van der Waals surface area contributed by atoms with Crippen LogP contribution in [-0.4, -0.2) is 42.9 Å². The van der Waals surface area contributed by atoms with E-state index in [4.69, 9.17) is 27.9 Å². The number of benzene rings is 1. The van der Waals surface area contributed by atoms with Crippen LogP contribution in [-0.2, 0) is 10.2 Å². The molecule has 1 saturated heterocycles. The molecule has 22 heavy (non-hydrogen) atoms. The van der Waals surface area contributed by atoms with Gasteiger partial charge in [-0.1, -0.05) is 29.3 Å². The van der Waals surface area contributed by atoms with Gasteiger partial charge in [0, 0.05) is 32.2 Å². The first-order valence-corrected chi connectivity index (χ1v) is 8.18. The van der Waals surface area contributed by atoms with Gasteiger partial charge in [-0.3, -0.25) is 0 Å². The predicted molar refractivity (Wildman–Crippen MR) is 85.8 cm³/mol. The maximum absolute atomic E-state index is 11.2. The van der Waals surface area contributed by atoms with Gasteiger partial charge in [-0.05, 0) is 42.4 Å². The van der Waals surface area contributed by atoms with E-state index in [1.54, 1.807) is 7.11 Å². The minimum atomic E-state index is -0.833. The number of amides is 1. The summed E-state index contributed by atoms with van der Waals surface area (Å²) in [4.78, 5) is 12.8. The van der Waals surface area contributed by atoms with E-state index in [1.807, 2.05) is 18.2 Å². The van der Waals surface area contributed by atoms with Crippen LogP contribution in [0.4, 0.5) is 4.79 Å². The monoisotopic (exact) mass is 343 g/mol. The van der Waals surface area contributed by atoms with Gasteiger partial charge >= 0.3 is 6.09 Å². The third-order valence-corrected chi connectivity index (χ3v) is 6.01. The molecule has 0 aromatic heterocycles. The van der Waals surface area contributed by atoms with Crippen LogP contribution < -0.4 is 0 Å². The van der Waals surface area contributed by atoms with Crippen LogP contribution in [0.3, 0.4) is 0 Å². The van der Waals surface area contributed by atoms with Crippen LogP contribution in [0.1, 0.15) is 18.4 Å². The molecular weight excluding hydrogens is 325 g/mol. The van der Waals surface area contributed by atoms with Crippen molar-refractivity contribution in [3.63, 3.8) is 0 Å². The lowest BCUT2D eigenvalue weighted by atomic mass is 9.88. The highest BCUT2D eigenvalue weighted by Crippen LogP contribution is 2.65. The van der Waals surface area contributed by atoms with Gasteiger partial charge in [-0.15, -0.1) is 0 Å². The van der Waals surface area contributed by atoms with Crippen LogP contribution in [0.5, 0.6) is 0 Å². The molecule has 1 aromatic carbocycles. The lowest BCUT2D eigenvalue weighted by Crippen LogP contribution is -2.35. The van der Waals surface area contributed by atoms with Crippen molar-refractivity contribution in [2.45, 2.75) is 18.3 Å². The summed E-state index contributed by atoms with van der Waals surface area (Å²) in [5.41, 5.74) is 1.12. The van der Waals surface area contributed by atoms with Crippen LogP contribution in [0.15, 0.2) is 18.2 Å². The van der Waals surface area contributed by atoms with Crippen molar-refractivity contribution in [2.24, 2.45) is 11.8 Å². The van der Waals surface area contributed by atoms with Gasteiger partial charge < -0.3 is 14.7 Å². The van der Waals surface area contributed by atoms with Gasteiger partial charge in [0.1, 0.15) is 0 Å². The molecule has 2 fully saturated rings. The van der Waals surface area contributed by atoms with E-state index in [-0.39, 0.29) is 5.41 Å². The van der Waals surface area contributed by atoms with E-state index in [2.05, 4.69) is 0 Å². The summed E-state index contributed by atoms with van der Waals surface area (Å²) >= 11 is 12.2. The average Bonchev–Trinajstić information content (AvgIpc) is 3.16. The van der Waals surface area contributed by atoms with E-state index >= 15 is 0 Å². The number of carbonyl (C=O) groups is 1. The zero-order valence-electron chi connectivity index (χ0n) is 12.4. The van der Waals surface area contributed by atoms with Crippen LogP contribution in [0.2, 0.25) is 10.0 Å². The smallest absolute Gasteiger partial charge is 0.407 e. The number of rotatable bonds is 4. The first-order valence-electron chi connectivity index (χ1n) is 7.43. The average molecular weight is 344 g/mol. The molecule has 0 spiro atoms. The Labute approximate surface area is 140 Å². The van der Waals surface area contributed by atoms with Gasteiger partial charge in [0.15, 0.2) is 0 Å². The SMILES string of the molecule is COCC[C@@]1(c2ccc(Cl)c(Cl)c2)[C@@H]2CN(C(=O)O)CC[C@@H]21. The summed E-state index contributed by atoms with van der Waals surface area (Å²) in [6.45, 7) is 1.84. The number of nitrogens with zero attached hydrogens (tertiary/aromatic N) is 1.